The minimum atomic E-state index is -1.56. The highest BCUT2D eigenvalue weighted by Crippen LogP contribution is 2.18. The van der Waals surface area contributed by atoms with Crippen LogP contribution in [0.2, 0.25) is 0 Å². The Balaban J connectivity index is 2.91. The molecule has 0 radical (unpaired) electrons. The van der Waals surface area contributed by atoms with Crippen LogP contribution >= 0.6 is 0 Å². The normalized spacial score (nSPS) is 9.62. The van der Waals surface area contributed by atoms with Crippen LogP contribution < -0.4 is 15.8 Å². The van der Waals surface area contributed by atoms with Crippen molar-refractivity contribution >= 4 is 17.6 Å². The molecular formula is C9H11N3O4. The first-order valence-corrected chi connectivity index (χ1v) is 4.35. The van der Waals surface area contributed by atoms with E-state index in [-0.39, 0.29) is 12.2 Å². The van der Waals surface area contributed by atoms with E-state index >= 15 is 0 Å². The summed E-state index contributed by atoms with van der Waals surface area (Å²) in [7, 11) is 1.44. The van der Waals surface area contributed by atoms with Crippen molar-refractivity contribution in [1.29, 1.82) is 0 Å². The molecule has 1 aromatic heterocycles. The molecular weight excluding hydrogens is 214 g/mol. The van der Waals surface area contributed by atoms with Crippen LogP contribution in [0.25, 0.3) is 0 Å². The van der Waals surface area contributed by atoms with Crippen molar-refractivity contribution < 1.29 is 19.4 Å². The number of carboxylic acids is 1. The van der Waals surface area contributed by atoms with Gasteiger partial charge in [0.25, 0.3) is 0 Å². The number of anilines is 1. The maximum atomic E-state index is 10.9. The highest BCUT2D eigenvalue weighted by Gasteiger charge is 2.12. The average molecular weight is 225 g/mol. The highest BCUT2D eigenvalue weighted by atomic mass is 16.5. The molecule has 1 aromatic rings. The Morgan fingerprint density at radius 3 is 2.81 bits per heavy atom. The number of nitrogens with one attached hydrogen (secondary N) is 1. The van der Waals surface area contributed by atoms with Gasteiger partial charge in [0.2, 0.25) is 5.88 Å². The van der Waals surface area contributed by atoms with Crippen molar-refractivity contribution in [2.45, 2.75) is 6.54 Å². The number of ether oxygens (including phenoxy) is 1. The molecule has 4 N–H and O–H groups in total. The van der Waals surface area contributed by atoms with Crippen molar-refractivity contribution in [1.82, 2.24) is 4.98 Å². The molecule has 0 aliphatic rings. The number of methoxy groups -OCH3 is 1. The summed E-state index contributed by atoms with van der Waals surface area (Å²) in [5.74, 6) is -2.35. The molecule has 86 valence electrons. The fourth-order valence-corrected chi connectivity index (χ4v) is 1.08. The van der Waals surface area contributed by atoms with E-state index in [0.29, 0.717) is 11.4 Å². The number of carbonyl (C=O) groups is 2. The number of nitrogens with zero attached hydrogens (tertiary/aromatic N) is 1. The lowest BCUT2D eigenvalue weighted by Gasteiger charge is -2.07. The molecule has 0 fully saturated rings. The Bertz CT molecular complexity index is 419. The van der Waals surface area contributed by atoms with Crippen LogP contribution in [0.15, 0.2) is 12.3 Å². The molecule has 0 saturated heterocycles. The van der Waals surface area contributed by atoms with E-state index in [1.54, 1.807) is 0 Å². The molecule has 7 heteroatoms. The molecule has 0 atom stereocenters. The predicted octanol–water partition coefficient (Wildman–Crippen LogP) is -0.428. The quantitative estimate of drug-likeness (QED) is 0.601. The number of amides is 1. The van der Waals surface area contributed by atoms with Gasteiger partial charge in [0.05, 0.1) is 19.0 Å². The number of rotatable bonds is 3. The van der Waals surface area contributed by atoms with Crippen molar-refractivity contribution in [3.05, 3.63) is 17.8 Å². The van der Waals surface area contributed by atoms with Gasteiger partial charge >= 0.3 is 11.9 Å². The Labute approximate surface area is 91.2 Å². The minimum Gasteiger partial charge on any atom is -0.481 e. The predicted molar refractivity (Wildman–Crippen MR) is 54.9 cm³/mol. The van der Waals surface area contributed by atoms with Crippen molar-refractivity contribution in [3.8, 4) is 5.88 Å². The molecule has 1 amide bonds. The van der Waals surface area contributed by atoms with Gasteiger partial charge in [-0.1, -0.05) is 0 Å². The number of hydrogen-bond acceptors (Lipinski definition) is 5. The van der Waals surface area contributed by atoms with E-state index < -0.39 is 11.9 Å². The summed E-state index contributed by atoms with van der Waals surface area (Å²) >= 11 is 0. The zero-order valence-electron chi connectivity index (χ0n) is 8.56. The van der Waals surface area contributed by atoms with Crippen LogP contribution in [0.3, 0.4) is 0 Å². The van der Waals surface area contributed by atoms with Gasteiger partial charge in [-0.15, -0.1) is 0 Å². The van der Waals surface area contributed by atoms with Crippen LogP contribution in [-0.2, 0) is 16.1 Å². The van der Waals surface area contributed by atoms with Crippen LogP contribution in [0, 0.1) is 0 Å². The summed E-state index contributed by atoms with van der Waals surface area (Å²) in [4.78, 5) is 25.0. The van der Waals surface area contributed by atoms with Crippen LogP contribution in [0.4, 0.5) is 5.69 Å². The summed E-state index contributed by atoms with van der Waals surface area (Å²) < 4.78 is 4.92. The number of carboxylic acid groups (broad SMARTS) is 1. The van der Waals surface area contributed by atoms with E-state index in [9.17, 15) is 9.59 Å². The molecule has 0 spiro atoms. The molecule has 0 aliphatic heterocycles. The van der Waals surface area contributed by atoms with E-state index in [4.69, 9.17) is 15.6 Å². The SMILES string of the molecule is COc1ncc(NC(=O)C(=O)O)cc1CN. The standard InChI is InChI=1S/C9H11N3O4/c1-16-8-5(3-10)2-6(4-11-8)12-7(13)9(14)15/h2,4H,3,10H2,1H3,(H,12,13)(H,14,15). The Morgan fingerprint density at radius 2 is 2.31 bits per heavy atom. The molecule has 1 heterocycles. The number of carbonyl (C=O) groups excluding carboxylic acids is 1. The topological polar surface area (TPSA) is 115 Å². The largest absolute Gasteiger partial charge is 0.481 e. The second-order valence-electron chi connectivity index (χ2n) is 2.86. The van der Waals surface area contributed by atoms with E-state index in [1.807, 2.05) is 0 Å². The smallest absolute Gasteiger partial charge is 0.394 e. The number of aliphatic carboxylic acids is 1. The van der Waals surface area contributed by atoms with Gasteiger partial charge in [-0.25, -0.2) is 9.78 Å². The fraction of sp³-hybridized carbons (Fsp3) is 0.222. The lowest BCUT2D eigenvalue weighted by Crippen LogP contribution is -2.22. The van der Waals surface area contributed by atoms with Crippen molar-refractivity contribution in [2.24, 2.45) is 5.73 Å². The van der Waals surface area contributed by atoms with Gasteiger partial charge in [0.1, 0.15) is 0 Å². The zero-order chi connectivity index (χ0) is 12.1. The molecule has 0 aliphatic carbocycles. The molecule has 0 bridgehead atoms. The number of pyridine rings is 1. The van der Waals surface area contributed by atoms with Gasteiger partial charge in [-0.3, -0.25) is 4.79 Å². The average Bonchev–Trinajstić information content (AvgIpc) is 2.28. The van der Waals surface area contributed by atoms with Gasteiger partial charge in [0.15, 0.2) is 0 Å². The summed E-state index contributed by atoms with van der Waals surface area (Å²) in [6, 6.07) is 1.51. The molecule has 1 rings (SSSR count). The Kier molecular flexibility index (Phi) is 3.78. The lowest BCUT2D eigenvalue weighted by atomic mass is 10.2. The number of nitrogens with two attached hydrogens (primary N) is 1. The third-order valence-corrected chi connectivity index (χ3v) is 1.79. The second kappa shape index (κ2) is 5.08. The van der Waals surface area contributed by atoms with E-state index in [2.05, 4.69) is 10.3 Å². The highest BCUT2D eigenvalue weighted by molar-refractivity contribution is 6.36. The number of aromatic nitrogens is 1. The Hall–Kier alpha value is -2.15. The van der Waals surface area contributed by atoms with Gasteiger partial charge in [0, 0.05) is 12.1 Å². The molecule has 16 heavy (non-hydrogen) atoms. The zero-order valence-corrected chi connectivity index (χ0v) is 8.56. The molecule has 0 unspecified atom stereocenters. The second-order valence-corrected chi connectivity index (χ2v) is 2.86. The lowest BCUT2D eigenvalue weighted by molar-refractivity contribution is -0.147. The minimum absolute atomic E-state index is 0.174. The van der Waals surface area contributed by atoms with E-state index in [0.717, 1.165) is 0 Å². The first-order chi connectivity index (χ1) is 7.58. The maximum Gasteiger partial charge on any atom is 0.394 e. The summed E-state index contributed by atoms with van der Waals surface area (Å²) in [6.45, 7) is 0.174. The van der Waals surface area contributed by atoms with Crippen LogP contribution in [-0.4, -0.2) is 29.1 Å². The Morgan fingerprint density at radius 1 is 1.62 bits per heavy atom. The maximum absolute atomic E-state index is 10.9. The van der Waals surface area contributed by atoms with Gasteiger partial charge in [-0.05, 0) is 6.07 Å². The third kappa shape index (κ3) is 2.67. The summed E-state index contributed by atoms with van der Waals surface area (Å²) in [5.41, 5.74) is 6.27. The molecule has 0 saturated carbocycles. The summed E-state index contributed by atoms with van der Waals surface area (Å²) in [6.07, 6.45) is 1.29. The number of hydrogen-bond donors (Lipinski definition) is 3. The first kappa shape index (κ1) is 11.9. The van der Waals surface area contributed by atoms with Gasteiger partial charge in [-0.2, -0.15) is 0 Å². The van der Waals surface area contributed by atoms with Crippen molar-refractivity contribution in [2.75, 3.05) is 12.4 Å². The van der Waals surface area contributed by atoms with Crippen LogP contribution in [0.5, 0.6) is 5.88 Å². The fourth-order valence-electron chi connectivity index (χ4n) is 1.08. The molecule has 7 nitrogen and oxygen atoms in total. The first-order valence-electron chi connectivity index (χ1n) is 4.35. The van der Waals surface area contributed by atoms with E-state index in [1.165, 1.54) is 19.4 Å². The monoisotopic (exact) mass is 225 g/mol. The van der Waals surface area contributed by atoms with Crippen molar-refractivity contribution in [3.63, 3.8) is 0 Å². The third-order valence-electron chi connectivity index (χ3n) is 1.79. The summed E-state index contributed by atoms with van der Waals surface area (Å²) in [5, 5.41) is 10.5. The molecule has 0 aromatic carbocycles. The van der Waals surface area contributed by atoms with Gasteiger partial charge < -0.3 is 20.9 Å². The van der Waals surface area contributed by atoms with Crippen LogP contribution in [0.1, 0.15) is 5.56 Å².